The molecule has 88 valence electrons. The van der Waals surface area contributed by atoms with Crippen molar-refractivity contribution in [1.29, 1.82) is 0 Å². The number of fused-ring (bicyclic) bond motifs is 1. The molecule has 2 heterocycles. The maximum atomic E-state index is 9.70. The van der Waals surface area contributed by atoms with Crippen LogP contribution in [0.4, 0.5) is 0 Å². The molecule has 0 amide bonds. The van der Waals surface area contributed by atoms with Gasteiger partial charge in [0.25, 0.3) is 0 Å². The van der Waals surface area contributed by atoms with E-state index in [1.807, 2.05) is 43.1 Å². The first kappa shape index (κ1) is 11.6. The Balaban J connectivity index is 2.02. The van der Waals surface area contributed by atoms with Gasteiger partial charge in [-0.25, -0.2) is 4.98 Å². The molecule has 0 aromatic carbocycles. The van der Waals surface area contributed by atoms with Crippen molar-refractivity contribution >= 4 is 16.3 Å². The number of nitrogens with zero attached hydrogens (tertiary/aromatic N) is 3. The van der Waals surface area contributed by atoms with Gasteiger partial charge in [-0.3, -0.25) is 9.30 Å². The highest BCUT2D eigenvalue weighted by Crippen LogP contribution is 2.13. The van der Waals surface area contributed by atoms with Crippen LogP contribution in [0.3, 0.4) is 0 Å². The molecule has 1 N–H and O–H groups in total. The fourth-order valence-corrected chi connectivity index (χ4v) is 2.56. The molecule has 0 bridgehead atoms. The van der Waals surface area contributed by atoms with E-state index in [9.17, 15) is 5.11 Å². The van der Waals surface area contributed by atoms with Gasteiger partial charge < -0.3 is 5.11 Å². The summed E-state index contributed by atoms with van der Waals surface area (Å²) < 4.78 is 2.03. The molecule has 2 rings (SSSR count). The lowest BCUT2D eigenvalue weighted by Crippen LogP contribution is -2.35. The molecule has 2 aromatic heterocycles. The minimum absolute atomic E-state index is 0.637. The van der Waals surface area contributed by atoms with E-state index in [0.29, 0.717) is 6.54 Å². The van der Waals surface area contributed by atoms with Crippen molar-refractivity contribution in [3.63, 3.8) is 0 Å². The Hall–Kier alpha value is -0.910. The minimum Gasteiger partial charge on any atom is -0.389 e. The maximum absolute atomic E-state index is 9.70. The van der Waals surface area contributed by atoms with E-state index in [4.69, 9.17) is 0 Å². The van der Waals surface area contributed by atoms with Crippen LogP contribution in [0.1, 0.15) is 19.5 Å². The summed E-state index contributed by atoms with van der Waals surface area (Å²) in [6.07, 6.45) is 4.04. The second kappa shape index (κ2) is 4.16. The molecule has 4 nitrogen and oxygen atoms in total. The molecule has 0 atom stereocenters. The van der Waals surface area contributed by atoms with Gasteiger partial charge in [0.2, 0.25) is 0 Å². The lowest BCUT2D eigenvalue weighted by Gasteiger charge is -2.24. The van der Waals surface area contributed by atoms with Gasteiger partial charge in [0, 0.05) is 30.9 Å². The first-order valence-electron chi connectivity index (χ1n) is 5.26. The highest BCUT2D eigenvalue weighted by molar-refractivity contribution is 7.15. The Morgan fingerprint density at radius 3 is 2.94 bits per heavy atom. The van der Waals surface area contributed by atoms with E-state index in [-0.39, 0.29) is 0 Å². The van der Waals surface area contributed by atoms with E-state index < -0.39 is 5.60 Å². The summed E-state index contributed by atoms with van der Waals surface area (Å²) in [4.78, 5) is 7.60. The first-order valence-corrected chi connectivity index (χ1v) is 6.14. The summed E-state index contributed by atoms with van der Waals surface area (Å²) in [6, 6.07) is 0. The van der Waals surface area contributed by atoms with Crippen molar-refractivity contribution in [1.82, 2.24) is 14.3 Å². The lowest BCUT2D eigenvalue weighted by atomic mass is 10.1. The number of imidazole rings is 1. The predicted molar refractivity (Wildman–Crippen MR) is 65.7 cm³/mol. The van der Waals surface area contributed by atoms with E-state index in [0.717, 1.165) is 17.2 Å². The van der Waals surface area contributed by atoms with Crippen LogP contribution in [-0.2, 0) is 6.54 Å². The van der Waals surface area contributed by atoms with Gasteiger partial charge >= 0.3 is 0 Å². The highest BCUT2D eigenvalue weighted by atomic mass is 32.1. The standard InChI is InChI=1S/C11H17N3OS/c1-11(2,15)8-13(3)6-9-7-14-4-5-16-10(14)12-9/h4-5,7,15H,6,8H2,1-3H3. The molecular formula is C11H17N3OS. The van der Waals surface area contributed by atoms with Gasteiger partial charge in [0.15, 0.2) is 4.96 Å². The fraction of sp³-hybridized carbons (Fsp3) is 0.545. The van der Waals surface area contributed by atoms with Crippen molar-refractivity contribution in [2.75, 3.05) is 13.6 Å². The third-order valence-electron chi connectivity index (χ3n) is 2.23. The summed E-state index contributed by atoms with van der Waals surface area (Å²) in [6.45, 7) is 5.03. The van der Waals surface area contributed by atoms with Gasteiger partial charge in [-0.15, -0.1) is 11.3 Å². The Morgan fingerprint density at radius 2 is 2.31 bits per heavy atom. The topological polar surface area (TPSA) is 40.8 Å². The zero-order valence-corrected chi connectivity index (χ0v) is 10.7. The minimum atomic E-state index is -0.661. The van der Waals surface area contributed by atoms with Crippen molar-refractivity contribution in [3.05, 3.63) is 23.5 Å². The highest BCUT2D eigenvalue weighted by Gasteiger charge is 2.16. The van der Waals surface area contributed by atoms with Crippen LogP contribution in [0.5, 0.6) is 0 Å². The quantitative estimate of drug-likeness (QED) is 0.881. The first-order chi connectivity index (χ1) is 7.44. The van der Waals surface area contributed by atoms with Crippen molar-refractivity contribution in [2.45, 2.75) is 26.0 Å². The number of hydrogen-bond donors (Lipinski definition) is 1. The van der Waals surface area contributed by atoms with E-state index in [2.05, 4.69) is 9.88 Å². The average Bonchev–Trinajstić information content (AvgIpc) is 2.58. The molecule has 0 saturated heterocycles. The molecule has 0 aliphatic heterocycles. The molecule has 0 radical (unpaired) electrons. The molecule has 0 saturated carbocycles. The van der Waals surface area contributed by atoms with Gasteiger partial charge in [-0.2, -0.15) is 0 Å². The summed E-state index contributed by atoms with van der Waals surface area (Å²) in [7, 11) is 1.99. The number of hydrogen-bond acceptors (Lipinski definition) is 4. The fourth-order valence-electron chi connectivity index (χ4n) is 1.85. The smallest absolute Gasteiger partial charge is 0.193 e. The number of likely N-dealkylation sites (N-methyl/N-ethyl adjacent to an activating group) is 1. The average molecular weight is 239 g/mol. The molecule has 16 heavy (non-hydrogen) atoms. The second-order valence-electron chi connectivity index (χ2n) is 4.81. The largest absolute Gasteiger partial charge is 0.389 e. The number of thiazole rings is 1. The van der Waals surface area contributed by atoms with Crippen LogP contribution >= 0.6 is 11.3 Å². The van der Waals surface area contributed by atoms with E-state index in [1.165, 1.54) is 0 Å². The molecular weight excluding hydrogens is 222 g/mol. The SMILES string of the molecule is CN(Cc1cn2ccsc2n1)CC(C)(C)O. The third-order valence-corrected chi connectivity index (χ3v) is 3.00. The van der Waals surface area contributed by atoms with E-state index >= 15 is 0 Å². The van der Waals surface area contributed by atoms with Gasteiger partial charge in [0.1, 0.15) is 0 Å². The van der Waals surface area contributed by atoms with Gasteiger partial charge in [-0.05, 0) is 20.9 Å². The van der Waals surface area contributed by atoms with Crippen LogP contribution in [-0.4, -0.2) is 38.6 Å². The van der Waals surface area contributed by atoms with Crippen molar-refractivity contribution < 1.29 is 5.11 Å². The zero-order valence-electron chi connectivity index (χ0n) is 9.84. The Labute approximate surface area is 99.2 Å². The van der Waals surface area contributed by atoms with Crippen LogP contribution in [0.15, 0.2) is 17.8 Å². The monoisotopic (exact) mass is 239 g/mol. The van der Waals surface area contributed by atoms with Gasteiger partial charge in [-0.1, -0.05) is 0 Å². The molecule has 0 unspecified atom stereocenters. The molecule has 0 aliphatic rings. The van der Waals surface area contributed by atoms with Crippen LogP contribution in [0.25, 0.3) is 4.96 Å². The second-order valence-corrected chi connectivity index (χ2v) is 5.68. The molecule has 2 aromatic rings. The zero-order chi connectivity index (χ0) is 11.8. The van der Waals surface area contributed by atoms with Crippen molar-refractivity contribution in [3.8, 4) is 0 Å². The van der Waals surface area contributed by atoms with Gasteiger partial charge in [0.05, 0.1) is 11.3 Å². The summed E-state index contributed by atoms with van der Waals surface area (Å²) >= 11 is 1.63. The predicted octanol–water partition coefficient (Wildman–Crippen LogP) is 1.60. The Bertz CT molecular complexity index is 440. The Kier molecular flexibility index (Phi) is 3.01. The summed E-state index contributed by atoms with van der Waals surface area (Å²) in [5, 5.41) is 11.7. The normalized spacial score (nSPS) is 12.8. The molecule has 5 heteroatoms. The molecule has 0 aliphatic carbocycles. The van der Waals surface area contributed by atoms with Crippen molar-refractivity contribution in [2.24, 2.45) is 0 Å². The lowest BCUT2D eigenvalue weighted by molar-refractivity contribution is 0.0422. The third kappa shape index (κ3) is 2.81. The number of rotatable bonds is 4. The number of aromatic nitrogens is 2. The summed E-state index contributed by atoms with van der Waals surface area (Å²) in [5.74, 6) is 0. The molecule has 0 spiro atoms. The van der Waals surface area contributed by atoms with Crippen LogP contribution in [0, 0.1) is 0 Å². The maximum Gasteiger partial charge on any atom is 0.193 e. The summed E-state index contributed by atoms with van der Waals surface area (Å²) in [5.41, 5.74) is 0.380. The van der Waals surface area contributed by atoms with E-state index in [1.54, 1.807) is 11.3 Å². The molecule has 0 fully saturated rings. The van der Waals surface area contributed by atoms with Crippen LogP contribution < -0.4 is 0 Å². The Morgan fingerprint density at radius 1 is 1.56 bits per heavy atom. The van der Waals surface area contributed by atoms with Crippen LogP contribution in [0.2, 0.25) is 0 Å². The number of aliphatic hydroxyl groups is 1.